The van der Waals surface area contributed by atoms with Gasteiger partial charge in [0.25, 0.3) is 0 Å². The molecule has 0 saturated carbocycles. The van der Waals surface area contributed by atoms with E-state index in [0.29, 0.717) is 5.52 Å². The van der Waals surface area contributed by atoms with E-state index < -0.39 is 30.6 Å². The normalized spacial score (nSPS) is 29.3. The number of aliphatic hydroxyl groups is 3. The van der Waals surface area contributed by atoms with Crippen LogP contribution in [0.25, 0.3) is 11.2 Å². The summed E-state index contributed by atoms with van der Waals surface area (Å²) in [5, 5.41) is 38.4. The number of fused-ring (bicyclic) bond motifs is 1. The van der Waals surface area contributed by atoms with Gasteiger partial charge >= 0.3 is 0 Å². The Labute approximate surface area is 140 Å². The summed E-state index contributed by atoms with van der Waals surface area (Å²) in [5.74, 6) is 0.157. The van der Waals surface area contributed by atoms with E-state index in [1.54, 1.807) is 12.1 Å². The third-order valence-corrected chi connectivity index (χ3v) is 4.28. The first kappa shape index (κ1) is 15.8. The predicted octanol–water partition coefficient (Wildman–Crippen LogP) is -1.99. The zero-order valence-corrected chi connectivity index (χ0v) is 12.8. The summed E-state index contributed by atoms with van der Waals surface area (Å²) in [7, 11) is 0. The van der Waals surface area contributed by atoms with E-state index in [1.165, 1.54) is 23.4 Å². The summed E-state index contributed by atoms with van der Waals surface area (Å²) in [6.45, 7) is -0.496. The van der Waals surface area contributed by atoms with Crippen LogP contribution in [-0.2, 0) is 10.5 Å². The molecule has 4 rings (SSSR count). The highest BCUT2D eigenvalue weighted by atomic mass is 16.6. The van der Waals surface area contributed by atoms with Gasteiger partial charge in [0, 0.05) is 6.20 Å². The van der Waals surface area contributed by atoms with E-state index in [4.69, 9.17) is 10.5 Å². The molecule has 0 unspecified atom stereocenters. The van der Waals surface area contributed by atoms with Gasteiger partial charge < -0.3 is 25.8 Å². The lowest BCUT2D eigenvalue weighted by Crippen LogP contribution is -2.47. The fourth-order valence-corrected chi connectivity index (χ4v) is 3.07. The molecule has 5 N–H and O–H groups in total. The largest absolute Gasteiger partial charge is 0.394 e. The Morgan fingerprint density at radius 1 is 1.28 bits per heavy atom. The lowest BCUT2D eigenvalue weighted by molar-refractivity contribution is -0.118. The summed E-state index contributed by atoms with van der Waals surface area (Å²) < 4.78 is 7.28. The molecular formula is C14H15N7O4. The Kier molecular flexibility index (Phi) is 3.58. The van der Waals surface area contributed by atoms with Crippen LogP contribution >= 0.6 is 0 Å². The molecule has 11 heteroatoms. The predicted molar refractivity (Wildman–Crippen MR) is 82.8 cm³/mol. The van der Waals surface area contributed by atoms with E-state index in [1.807, 2.05) is 0 Å². The number of hydrogen-bond acceptors (Lipinski definition) is 10. The zero-order valence-electron chi connectivity index (χ0n) is 12.8. The van der Waals surface area contributed by atoms with Gasteiger partial charge in [-0.25, -0.2) is 15.0 Å². The SMILES string of the molecule is Nc1ncnc2c1ncn2[C@]1(c2cccnn2)O[C@H](CO)[C@@H](O)[C@H]1O. The molecule has 3 aromatic heterocycles. The molecule has 0 bridgehead atoms. The van der Waals surface area contributed by atoms with Gasteiger partial charge in [0.1, 0.15) is 35.8 Å². The van der Waals surface area contributed by atoms with Crippen molar-refractivity contribution in [1.82, 2.24) is 29.7 Å². The van der Waals surface area contributed by atoms with Gasteiger partial charge in [-0.1, -0.05) is 0 Å². The van der Waals surface area contributed by atoms with E-state index in [2.05, 4.69) is 25.1 Å². The van der Waals surface area contributed by atoms with Crippen LogP contribution in [0.15, 0.2) is 31.0 Å². The number of rotatable bonds is 3. The minimum Gasteiger partial charge on any atom is -0.394 e. The molecule has 0 aliphatic carbocycles. The van der Waals surface area contributed by atoms with Crippen molar-refractivity contribution in [2.45, 2.75) is 24.0 Å². The first-order valence-corrected chi connectivity index (χ1v) is 7.46. The highest BCUT2D eigenvalue weighted by Gasteiger charge is 2.58. The number of anilines is 1. The average molecular weight is 345 g/mol. The van der Waals surface area contributed by atoms with Gasteiger partial charge in [0.15, 0.2) is 11.5 Å². The third-order valence-electron chi connectivity index (χ3n) is 4.28. The number of nitrogens with zero attached hydrogens (tertiary/aromatic N) is 6. The number of hydrogen-bond donors (Lipinski definition) is 4. The average Bonchev–Trinajstić information content (AvgIpc) is 3.18. The van der Waals surface area contributed by atoms with Gasteiger partial charge in [-0.2, -0.15) is 10.2 Å². The first-order chi connectivity index (χ1) is 12.1. The molecule has 25 heavy (non-hydrogen) atoms. The summed E-state index contributed by atoms with van der Waals surface area (Å²) in [4.78, 5) is 12.2. The van der Waals surface area contributed by atoms with Gasteiger partial charge in [0.05, 0.1) is 12.9 Å². The summed E-state index contributed by atoms with van der Waals surface area (Å²) in [6, 6.07) is 3.19. The molecule has 1 saturated heterocycles. The number of aromatic nitrogens is 6. The molecule has 0 aromatic carbocycles. The summed E-state index contributed by atoms with van der Waals surface area (Å²) in [6.07, 6.45) is 0.221. The minimum absolute atomic E-state index is 0.157. The van der Waals surface area contributed by atoms with Crippen LogP contribution in [0, 0.1) is 0 Å². The van der Waals surface area contributed by atoms with Crippen LogP contribution in [-0.4, -0.2) is 70.0 Å². The quantitative estimate of drug-likeness (QED) is 0.417. The van der Waals surface area contributed by atoms with E-state index in [-0.39, 0.29) is 17.2 Å². The molecule has 0 amide bonds. The molecule has 0 radical (unpaired) electrons. The van der Waals surface area contributed by atoms with Crippen LogP contribution in [0.2, 0.25) is 0 Å². The highest BCUT2D eigenvalue weighted by molar-refractivity contribution is 5.81. The van der Waals surface area contributed by atoms with Crippen molar-refractivity contribution in [3.8, 4) is 0 Å². The van der Waals surface area contributed by atoms with Crippen molar-refractivity contribution < 1.29 is 20.1 Å². The second-order valence-corrected chi connectivity index (χ2v) is 5.63. The Morgan fingerprint density at radius 3 is 2.80 bits per heavy atom. The monoisotopic (exact) mass is 345 g/mol. The van der Waals surface area contributed by atoms with E-state index in [9.17, 15) is 15.3 Å². The topological polar surface area (TPSA) is 165 Å². The maximum absolute atomic E-state index is 10.8. The fraction of sp³-hybridized carbons (Fsp3) is 0.357. The third kappa shape index (κ3) is 2.10. The number of ether oxygens (including phenoxy) is 1. The standard InChI is InChI=1S/C14H15N7O4/c15-12-9-13(17-5-16-12)21(6-18-9)14(8-2-1-3-19-20-8)11(24)10(23)7(4-22)25-14/h1-3,5-7,10-11,22-24H,4H2,(H2,15,16,17)/t7-,10-,11-,14-/m1/s1. The van der Waals surface area contributed by atoms with Crippen molar-refractivity contribution in [3.05, 3.63) is 36.7 Å². The van der Waals surface area contributed by atoms with Gasteiger partial charge in [0.2, 0.25) is 5.72 Å². The number of nitrogen functional groups attached to an aromatic ring is 1. The number of nitrogens with two attached hydrogens (primary N) is 1. The molecular weight excluding hydrogens is 330 g/mol. The van der Waals surface area contributed by atoms with Crippen molar-refractivity contribution in [3.63, 3.8) is 0 Å². The molecule has 1 fully saturated rings. The Morgan fingerprint density at radius 2 is 2.12 bits per heavy atom. The number of aliphatic hydroxyl groups excluding tert-OH is 3. The van der Waals surface area contributed by atoms with E-state index in [0.717, 1.165) is 0 Å². The summed E-state index contributed by atoms with van der Waals surface area (Å²) in [5.41, 5.74) is 4.94. The van der Waals surface area contributed by atoms with Crippen molar-refractivity contribution in [1.29, 1.82) is 0 Å². The first-order valence-electron chi connectivity index (χ1n) is 7.46. The fourth-order valence-electron chi connectivity index (χ4n) is 3.07. The van der Waals surface area contributed by atoms with Crippen LogP contribution in [0.4, 0.5) is 5.82 Å². The maximum atomic E-state index is 10.8. The lowest BCUT2D eigenvalue weighted by atomic mass is 9.98. The molecule has 4 atom stereocenters. The molecule has 11 nitrogen and oxygen atoms in total. The van der Waals surface area contributed by atoms with Gasteiger partial charge in [-0.3, -0.25) is 4.57 Å². The zero-order chi connectivity index (χ0) is 17.6. The molecule has 4 heterocycles. The smallest absolute Gasteiger partial charge is 0.222 e. The number of imidazole rings is 1. The van der Waals surface area contributed by atoms with Crippen LogP contribution < -0.4 is 5.73 Å². The molecule has 0 spiro atoms. The van der Waals surface area contributed by atoms with E-state index >= 15 is 0 Å². The molecule has 1 aliphatic rings. The van der Waals surface area contributed by atoms with Crippen LogP contribution in [0.3, 0.4) is 0 Å². The second kappa shape index (κ2) is 5.67. The maximum Gasteiger partial charge on any atom is 0.222 e. The molecule has 1 aliphatic heterocycles. The Balaban J connectivity index is 2.00. The van der Waals surface area contributed by atoms with Gasteiger partial charge in [-0.15, -0.1) is 0 Å². The summed E-state index contributed by atoms with van der Waals surface area (Å²) >= 11 is 0. The van der Waals surface area contributed by atoms with Crippen molar-refractivity contribution in [2.24, 2.45) is 0 Å². The Hall–Kier alpha value is -2.73. The molecule has 130 valence electrons. The second-order valence-electron chi connectivity index (χ2n) is 5.63. The van der Waals surface area contributed by atoms with Crippen LogP contribution in [0.1, 0.15) is 5.69 Å². The lowest BCUT2D eigenvalue weighted by Gasteiger charge is -2.32. The van der Waals surface area contributed by atoms with Crippen molar-refractivity contribution in [2.75, 3.05) is 12.3 Å². The van der Waals surface area contributed by atoms with Crippen LogP contribution in [0.5, 0.6) is 0 Å². The van der Waals surface area contributed by atoms with Gasteiger partial charge in [-0.05, 0) is 12.1 Å². The van der Waals surface area contributed by atoms with Crippen molar-refractivity contribution >= 4 is 17.0 Å². The molecule has 3 aromatic rings. The Bertz CT molecular complexity index is 905. The highest BCUT2D eigenvalue weighted by Crippen LogP contribution is 2.41. The minimum atomic E-state index is -1.68.